The third kappa shape index (κ3) is 6.74. The van der Waals surface area contributed by atoms with E-state index in [2.05, 4.69) is 19.2 Å². The van der Waals surface area contributed by atoms with E-state index in [1.807, 2.05) is 78.9 Å². The Balaban J connectivity index is 1.48. The fourth-order valence-electron chi connectivity index (χ4n) is 4.94. The van der Waals surface area contributed by atoms with Crippen molar-refractivity contribution in [1.82, 2.24) is 5.32 Å². The number of rotatable bonds is 11. The molecule has 4 atom stereocenters. The van der Waals surface area contributed by atoms with Gasteiger partial charge in [-0.3, -0.25) is 4.79 Å². The Bertz CT molecular complexity index is 1130. The second-order valence-electron chi connectivity index (χ2n) is 10.2. The number of fused-ring (bicyclic) bond motifs is 1. The zero-order valence-corrected chi connectivity index (χ0v) is 21.1. The smallest absolute Gasteiger partial charge is 0.224 e. The van der Waals surface area contributed by atoms with Gasteiger partial charge in [0.25, 0.3) is 0 Å². The van der Waals surface area contributed by atoms with Crippen LogP contribution in [0.4, 0.5) is 0 Å². The third-order valence-corrected chi connectivity index (χ3v) is 6.75. The van der Waals surface area contributed by atoms with Crippen LogP contribution in [0.1, 0.15) is 48.6 Å². The molecule has 0 aliphatic heterocycles. The van der Waals surface area contributed by atoms with E-state index in [1.54, 1.807) is 0 Å². The molecule has 4 rings (SSSR count). The van der Waals surface area contributed by atoms with E-state index in [0.29, 0.717) is 38.2 Å². The van der Waals surface area contributed by atoms with Gasteiger partial charge in [0.1, 0.15) is 5.75 Å². The van der Waals surface area contributed by atoms with Crippen LogP contribution in [0.25, 0.3) is 0 Å². The predicted molar refractivity (Wildman–Crippen MR) is 142 cm³/mol. The van der Waals surface area contributed by atoms with Crippen molar-refractivity contribution >= 4 is 5.91 Å². The van der Waals surface area contributed by atoms with Crippen LogP contribution in [0, 0.1) is 11.8 Å². The first-order chi connectivity index (χ1) is 17.4. The first kappa shape index (κ1) is 25.9. The Morgan fingerprint density at radius 2 is 1.67 bits per heavy atom. The van der Waals surface area contributed by atoms with Gasteiger partial charge in [-0.1, -0.05) is 86.6 Å². The highest BCUT2D eigenvalue weighted by molar-refractivity contribution is 5.80. The molecule has 0 radical (unpaired) electrons. The van der Waals surface area contributed by atoms with Crippen molar-refractivity contribution in [3.63, 3.8) is 0 Å². The zero-order chi connectivity index (χ0) is 25.5. The summed E-state index contributed by atoms with van der Waals surface area (Å²) in [5, 5.41) is 24.8. The molecule has 3 aromatic carbocycles. The van der Waals surface area contributed by atoms with E-state index >= 15 is 0 Å². The van der Waals surface area contributed by atoms with Gasteiger partial charge < -0.3 is 20.3 Å². The molecule has 0 saturated carbocycles. The monoisotopic (exact) mass is 487 g/mol. The summed E-state index contributed by atoms with van der Waals surface area (Å²) in [6.45, 7) is 4.81. The molecule has 2 unspecified atom stereocenters. The van der Waals surface area contributed by atoms with Gasteiger partial charge in [0, 0.05) is 18.8 Å². The molecule has 0 saturated heterocycles. The normalized spacial score (nSPS) is 18.5. The maximum atomic E-state index is 13.5. The van der Waals surface area contributed by atoms with E-state index in [0.717, 1.165) is 28.0 Å². The fourth-order valence-corrected chi connectivity index (χ4v) is 4.94. The van der Waals surface area contributed by atoms with Gasteiger partial charge in [0.15, 0.2) is 0 Å². The van der Waals surface area contributed by atoms with Gasteiger partial charge in [0.05, 0.1) is 24.9 Å². The quantitative estimate of drug-likeness (QED) is 0.368. The minimum Gasteiger partial charge on any atom is -0.493 e. The Morgan fingerprint density at radius 1 is 0.972 bits per heavy atom. The van der Waals surface area contributed by atoms with Gasteiger partial charge in [-0.05, 0) is 47.1 Å². The molecule has 5 heteroatoms. The lowest BCUT2D eigenvalue weighted by atomic mass is 9.90. The Labute approximate surface area is 214 Å². The Kier molecular flexibility index (Phi) is 8.79. The lowest BCUT2D eigenvalue weighted by Crippen LogP contribution is -2.39. The average molecular weight is 488 g/mol. The molecule has 0 spiro atoms. The number of amides is 1. The second-order valence-corrected chi connectivity index (χ2v) is 10.2. The molecule has 0 bridgehead atoms. The van der Waals surface area contributed by atoms with Crippen LogP contribution < -0.4 is 10.1 Å². The molecule has 36 heavy (non-hydrogen) atoms. The lowest BCUT2D eigenvalue weighted by Gasteiger charge is -2.25. The molecule has 1 aliphatic rings. The topological polar surface area (TPSA) is 78.8 Å². The molecule has 3 aromatic rings. The summed E-state index contributed by atoms with van der Waals surface area (Å²) in [4.78, 5) is 13.5. The lowest BCUT2D eigenvalue weighted by molar-refractivity contribution is -0.127. The molecule has 1 amide bonds. The standard InChI is InChI=1S/C31H37NO4/c1-21(2)20-36-29-15-9-7-13-24(29)17-26(33)18-25(16-22-10-4-3-5-11-22)31(35)32-30-27-14-8-6-12-23(27)19-28(30)34/h3-15,21,25-26,28,30,33-34H,16-20H2,1-2H3,(H,32,35)/t25?,26?,28-,30+/m1/s1. The molecule has 1 aliphatic carbocycles. The number of ether oxygens (including phenoxy) is 1. The number of aliphatic hydroxyl groups is 2. The maximum absolute atomic E-state index is 13.5. The van der Waals surface area contributed by atoms with Gasteiger partial charge in [0.2, 0.25) is 5.91 Å². The van der Waals surface area contributed by atoms with Crippen LogP contribution in [0.2, 0.25) is 0 Å². The fraction of sp³-hybridized carbons (Fsp3) is 0.387. The van der Waals surface area contributed by atoms with E-state index in [9.17, 15) is 15.0 Å². The molecule has 0 heterocycles. The van der Waals surface area contributed by atoms with Gasteiger partial charge in [-0.15, -0.1) is 0 Å². The molecule has 5 nitrogen and oxygen atoms in total. The first-order valence-corrected chi connectivity index (χ1v) is 12.9. The Morgan fingerprint density at radius 3 is 2.44 bits per heavy atom. The van der Waals surface area contributed by atoms with E-state index in [1.165, 1.54) is 0 Å². The largest absolute Gasteiger partial charge is 0.493 e. The number of carbonyl (C=O) groups is 1. The van der Waals surface area contributed by atoms with Crippen molar-refractivity contribution in [2.75, 3.05) is 6.61 Å². The number of carbonyl (C=O) groups excluding carboxylic acids is 1. The highest BCUT2D eigenvalue weighted by Crippen LogP contribution is 2.32. The van der Waals surface area contributed by atoms with Crippen LogP contribution in [0.3, 0.4) is 0 Å². The van der Waals surface area contributed by atoms with Crippen molar-refractivity contribution in [2.45, 2.75) is 57.8 Å². The minimum atomic E-state index is -0.714. The van der Waals surface area contributed by atoms with Crippen LogP contribution in [-0.2, 0) is 24.1 Å². The van der Waals surface area contributed by atoms with Crippen molar-refractivity contribution in [3.8, 4) is 5.75 Å². The summed E-state index contributed by atoms with van der Waals surface area (Å²) in [7, 11) is 0. The summed E-state index contributed by atoms with van der Waals surface area (Å²) < 4.78 is 5.96. The summed E-state index contributed by atoms with van der Waals surface area (Å²) in [6, 6.07) is 25.0. The van der Waals surface area contributed by atoms with Crippen LogP contribution in [0.15, 0.2) is 78.9 Å². The average Bonchev–Trinajstić information content (AvgIpc) is 3.18. The van der Waals surface area contributed by atoms with Crippen LogP contribution >= 0.6 is 0 Å². The third-order valence-electron chi connectivity index (χ3n) is 6.75. The maximum Gasteiger partial charge on any atom is 0.224 e. The number of aliphatic hydroxyl groups excluding tert-OH is 2. The summed E-state index contributed by atoms with van der Waals surface area (Å²) in [6.07, 6.45) is 0.387. The molecule has 0 fully saturated rings. The van der Waals surface area contributed by atoms with E-state index in [4.69, 9.17) is 4.74 Å². The number of hydrogen-bond donors (Lipinski definition) is 3. The number of benzene rings is 3. The van der Waals surface area contributed by atoms with Gasteiger partial charge >= 0.3 is 0 Å². The zero-order valence-electron chi connectivity index (χ0n) is 21.1. The molecule has 190 valence electrons. The predicted octanol–water partition coefficient (Wildman–Crippen LogP) is 4.65. The minimum absolute atomic E-state index is 0.150. The number of hydrogen-bond acceptors (Lipinski definition) is 4. The SMILES string of the molecule is CC(C)COc1ccccc1CC(O)CC(Cc1ccccc1)C(=O)N[C@H]1c2ccccc2C[C@H]1O. The molecule has 0 aromatic heterocycles. The van der Waals surface area contributed by atoms with Gasteiger partial charge in [-0.25, -0.2) is 0 Å². The van der Waals surface area contributed by atoms with Crippen LogP contribution in [0.5, 0.6) is 5.75 Å². The van der Waals surface area contributed by atoms with E-state index < -0.39 is 24.2 Å². The molecular weight excluding hydrogens is 450 g/mol. The molecule has 3 N–H and O–H groups in total. The number of nitrogens with one attached hydrogen (secondary N) is 1. The van der Waals surface area contributed by atoms with Crippen molar-refractivity contribution in [2.24, 2.45) is 11.8 Å². The highest BCUT2D eigenvalue weighted by Gasteiger charge is 2.34. The van der Waals surface area contributed by atoms with Crippen molar-refractivity contribution in [1.29, 1.82) is 0 Å². The number of para-hydroxylation sites is 1. The molecular formula is C31H37NO4. The van der Waals surface area contributed by atoms with E-state index in [-0.39, 0.29) is 5.91 Å². The van der Waals surface area contributed by atoms with Gasteiger partial charge in [-0.2, -0.15) is 0 Å². The van der Waals surface area contributed by atoms with Crippen molar-refractivity contribution in [3.05, 3.63) is 101 Å². The summed E-state index contributed by atoms with van der Waals surface area (Å²) in [5.74, 6) is 0.590. The highest BCUT2D eigenvalue weighted by atomic mass is 16.5. The van der Waals surface area contributed by atoms with Crippen LogP contribution in [-0.4, -0.2) is 34.9 Å². The summed E-state index contributed by atoms with van der Waals surface area (Å²) in [5.41, 5.74) is 4.00. The van der Waals surface area contributed by atoms with Crippen molar-refractivity contribution < 1.29 is 19.7 Å². The summed E-state index contributed by atoms with van der Waals surface area (Å²) >= 11 is 0. The Hall–Kier alpha value is -3.15. The second kappa shape index (κ2) is 12.2. The first-order valence-electron chi connectivity index (χ1n) is 12.9.